The zero-order valence-corrected chi connectivity index (χ0v) is 9.62. The van der Waals surface area contributed by atoms with E-state index in [1.807, 2.05) is 0 Å². The van der Waals surface area contributed by atoms with Crippen LogP contribution in [-0.2, 0) is 0 Å². The van der Waals surface area contributed by atoms with Crippen molar-refractivity contribution in [3.8, 4) is 23.1 Å². The van der Waals surface area contributed by atoms with Crippen LogP contribution in [0.4, 0.5) is 0 Å². The number of oxazole rings is 1. The molecule has 0 fully saturated rings. The maximum atomic E-state index is 10.9. The molecule has 2 N–H and O–H groups in total. The number of carbonyl (C=O) groups is 1. The fraction of sp³-hybridized carbons (Fsp3) is 0.100. The lowest BCUT2D eigenvalue weighted by Gasteiger charge is -1.90. The number of hydrogen-bond acceptors (Lipinski definition) is 7. The van der Waals surface area contributed by atoms with E-state index < -0.39 is 5.97 Å². The van der Waals surface area contributed by atoms with Crippen LogP contribution in [0.15, 0.2) is 21.5 Å². The highest BCUT2D eigenvalue weighted by Crippen LogP contribution is 2.22. The highest BCUT2D eigenvalue weighted by atomic mass is 16.5. The Bertz CT molecular complexity index is 741. The summed E-state index contributed by atoms with van der Waals surface area (Å²) >= 11 is 0. The summed E-state index contributed by atoms with van der Waals surface area (Å²) in [6.45, 7) is 1.68. The van der Waals surface area contributed by atoms with Crippen LogP contribution in [0.1, 0.15) is 16.4 Å². The van der Waals surface area contributed by atoms with Crippen LogP contribution in [-0.4, -0.2) is 36.2 Å². The molecule has 0 aliphatic heterocycles. The molecule has 96 valence electrons. The molecule has 9 heteroatoms. The fourth-order valence-corrected chi connectivity index (χ4v) is 1.51. The molecule has 0 aromatic carbocycles. The highest BCUT2D eigenvalue weighted by Gasteiger charge is 2.21. The number of aromatic nitrogens is 5. The maximum Gasteiger partial charge on any atom is 0.356 e. The molecule has 0 amide bonds. The first-order valence-electron chi connectivity index (χ1n) is 5.18. The van der Waals surface area contributed by atoms with Crippen molar-refractivity contribution in [2.75, 3.05) is 0 Å². The monoisotopic (exact) mass is 261 g/mol. The van der Waals surface area contributed by atoms with E-state index in [1.54, 1.807) is 6.92 Å². The summed E-state index contributed by atoms with van der Waals surface area (Å²) in [6, 6.07) is 0. The van der Waals surface area contributed by atoms with Crippen LogP contribution in [0.3, 0.4) is 0 Å². The predicted octanol–water partition coefficient (Wildman–Crippen LogP) is 1.12. The van der Waals surface area contributed by atoms with E-state index in [0.717, 1.165) is 0 Å². The van der Waals surface area contributed by atoms with Crippen molar-refractivity contribution in [3.05, 3.63) is 24.2 Å². The Morgan fingerprint density at radius 1 is 1.42 bits per heavy atom. The molecule has 9 nitrogen and oxygen atoms in total. The fourth-order valence-electron chi connectivity index (χ4n) is 1.51. The molecule has 3 rings (SSSR count). The molecule has 3 heterocycles. The summed E-state index contributed by atoms with van der Waals surface area (Å²) < 4.78 is 10.0. The number of carboxylic acids is 1. The van der Waals surface area contributed by atoms with E-state index >= 15 is 0 Å². The van der Waals surface area contributed by atoms with Gasteiger partial charge < -0.3 is 19.0 Å². The van der Waals surface area contributed by atoms with E-state index in [9.17, 15) is 4.79 Å². The molecule has 0 radical (unpaired) electrons. The highest BCUT2D eigenvalue weighted by molar-refractivity contribution is 5.91. The Hall–Kier alpha value is -2.97. The topological polar surface area (TPSA) is 131 Å². The molecule has 3 aromatic rings. The van der Waals surface area contributed by atoms with Gasteiger partial charge >= 0.3 is 5.97 Å². The van der Waals surface area contributed by atoms with Crippen molar-refractivity contribution >= 4 is 5.97 Å². The number of H-pyrrole nitrogens is 1. The first kappa shape index (κ1) is 11.1. The predicted molar refractivity (Wildman–Crippen MR) is 59.1 cm³/mol. The van der Waals surface area contributed by atoms with Gasteiger partial charge in [0.2, 0.25) is 5.82 Å². The van der Waals surface area contributed by atoms with Gasteiger partial charge in [0.25, 0.3) is 5.89 Å². The second-order valence-corrected chi connectivity index (χ2v) is 3.61. The van der Waals surface area contributed by atoms with Crippen LogP contribution < -0.4 is 0 Å². The largest absolute Gasteiger partial charge is 0.476 e. The first-order valence-corrected chi connectivity index (χ1v) is 5.18. The molecule has 0 saturated heterocycles. The normalized spacial score (nSPS) is 10.8. The standard InChI is InChI=1S/C10H7N5O4/c1-4-13-5(2-18-4)8-14-9(19-15-8)6-7(10(16)17)12-3-11-6/h2-3H,1H3,(H,11,12)(H,16,17). The summed E-state index contributed by atoms with van der Waals surface area (Å²) in [4.78, 5) is 25.3. The van der Waals surface area contributed by atoms with Gasteiger partial charge in [-0.2, -0.15) is 4.98 Å². The molecule has 3 aromatic heterocycles. The minimum atomic E-state index is -1.19. The molecular formula is C10H7N5O4. The number of aryl methyl sites for hydroxylation is 1. The molecule has 19 heavy (non-hydrogen) atoms. The maximum absolute atomic E-state index is 10.9. The molecular weight excluding hydrogens is 254 g/mol. The molecule has 0 aliphatic rings. The third-order valence-electron chi connectivity index (χ3n) is 2.33. The number of nitrogens with one attached hydrogen (secondary N) is 1. The van der Waals surface area contributed by atoms with Crippen molar-refractivity contribution in [3.63, 3.8) is 0 Å². The van der Waals surface area contributed by atoms with Crippen molar-refractivity contribution in [1.82, 2.24) is 25.1 Å². The van der Waals surface area contributed by atoms with E-state index in [2.05, 4.69) is 25.1 Å². The van der Waals surface area contributed by atoms with E-state index in [4.69, 9.17) is 14.0 Å². The molecule has 0 unspecified atom stereocenters. The number of aromatic amines is 1. The third kappa shape index (κ3) is 1.86. The number of nitrogens with zero attached hydrogens (tertiary/aromatic N) is 4. The van der Waals surface area contributed by atoms with Crippen molar-refractivity contribution in [1.29, 1.82) is 0 Å². The Balaban J connectivity index is 2.01. The lowest BCUT2D eigenvalue weighted by molar-refractivity contribution is 0.0691. The lowest BCUT2D eigenvalue weighted by atomic mass is 10.3. The van der Waals surface area contributed by atoms with Gasteiger partial charge in [0.05, 0.1) is 6.33 Å². The summed E-state index contributed by atoms with van der Waals surface area (Å²) in [5, 5.41) is 12.7. The van der Waals surface area contributed by atoms with Gasteiger partial charge in [-0.15, -0.1) is 0 Å². The summed E-state index contributed by atoms with van der Waals surface area (Å²) in [5.41, 5.74) is 0.363. The second kappa shape index (κ2) is 4.05. The Labute approximate surface area is 105 Å². The number of rotatable bonds is 3. The van der Waals surface area contributed by atoms with Crippen LogP contribution >= 0.6 is 0 Å². The van der Waals surface area contributed by atoms with Gasteiger partial charge in [0.15, 0.2) is 11.6 Å². The number of carboxylic acid groups (broad SMARTS) is 1. The summed E-state index contributed by atoms with van der Waals surface area (Å²) in [7, 11) is 0. The van der Waals surface area contributed by atoms with Crippen molar-refractivity contribution in [2.45, 2.75) is 6.92 Å². The average Bonchev–Trinajstić information content (AvgIpc) is 3.07. The van der Waals surface area contributed by atoms with Gasteiger partial charge in [-0.25, -0.2) is 14.8 Å². The second-order valence-electron chi connectivity index (χ2n) is 3.61. The Kier molecular flexibility index (Phi) is 2.37. The van der Waals surface area contributed by atoms with Gasteiger partial charge in [-0.1, -0.05) is 5.16 Å². The first-order chi connectivity index (χ1) is 9.15. The molecule has 0 aliphatic carbocycles. The van der Waals surface area contributed by atoms with Gasteiger partial charge in [-0.3, -0.25) is 0 Å². The van der Waals surface area contributed by atoms with Crippen LogP contribution in [0.5, 0.6) is 0 Å². The van der Waals surface area contributed by atoms with Crippen molar-refractivity contribution < 1.29 is 18.8 Å². The molecule has 0 atom stereocenters. The van der Waals surface area contributed by atoms with E-state index in [-0.39, 0.29) is 23.1 Å². The summed E-state index contributed by atoms with van der Waals surface area (Å²) in [6.07, 6.45) is 2.62. The van der Waals surface area contributed by atoms with E-state index in [1.165, 1.54) is 12.6 Å². The number of hydrogen-bond donors (Lipinski definition) is 2. The zero-order valence-electron chi connectivity index (χ0n) is 9.62. The van der Waals surface area contributed by atoms with Gasteiger partial charge in [-0.05, 0) is 0 Å². The number of imidazole rings is 1. The SMILES string of the molecule is Cc1nc(-c2noc(-c3[nH]cnc3C(=O)O)n2)co1. The van der Waals surface area contributed by atoms with E-state index in [0.29, 0.717) is 11.6 Å². The van der Waals surface area contributed by atoms with Gasteiger partial charge in [0.1, 0.15) is 17.7 Å². The van der Waals surface area contributed by atoms with Crippen molar-refractivity contribution in [2.24, 2.45) is 0 Å². The van der Waals surface area contributed by atoms with Crippen LogP contribution in [0, 0.1) is 6.92 Å². The minimum Gasteiger partial charge on any atom is -0.476 e. The molecule has 0 bridgehead atoms. The molecule has 0 spiro atoms. The average molecular weight is 261 g/mol. The lowest BCUT2D eigenvalue weighted by Crippen LogP contribution is -1.99. The minimum absolute atomic E-state index is 0.0190. The Morgan fingerprint density at radius 3 is 2.95 bits per heavy atom. The number of aromatic carboxylic acids is 1. The smallest absolute Gasteiger partial charge is 0.356 e. The third-order valence-corrected chi connectivity index (χ3v) is 2.33. The quantitative estimate of drug-likeness (QED) is 0.716. The molecule has 0 saturated carbocycles. The van der Waals surface area contributed by atoms with Crippen LogP contribution in [0.25, 0.3) is 23.1 Å². The van der Waals surface area contributed by atoms with Gasteiger partial charge in [0, 0.05) is 6.92 Å². The van der Waals surface area contributed by atoms with Crippen LogP contribution in [0.2, 0.25) is 0 Å². The Morgan fingerprint density at radius 2 is 2.26 bits per heavy atom. The summed E-state index contributed by atoms with van der Waals surface area (Å²) in [5.74, 6) is -0.495. The zero-order chi connectivity index (χ0) is 13.4.